The third-order valence-electron chi connectivity index (χ3n) is 2.19. The van der Waals surface area contributed by atoms with E-state index in [1.807, 2.05) is 0 Å². The summed E-state index contributed by atoms with van der Waals surface area (Å²) in [6.45, 7) is 0.345. The van der Waals surface area contributed by atoms with Crippen LogP contribution in [0.3, 0.4) is 0 Å². The predicted molar refractivity (Wildman–Crippen MR) is 51.8 cm³/mol. The fraction of sp³-hybridized carbons (Fsp3) is 0.333. The van der Waals surface area contributed by atoms with Gasteiger partial charge in [0.1, 0.15) is 13.6 Å². The summed E-state index contributed by atoms with van der Waals surface area (Å²) in [7, 11) is 11.2. The minimum atomic E-state index is -0.674. The van der Waals surface area contributed by atoms with E-state index in [1.165, 1.54) is 0 Å². The van der Waals surface area contributed by atoms with E-state index in [0.717, 1.165) is 0 Å². The van der Waals surface area contributed by atoms with E-state index in [9.17, 15) is 5.11 Å². The van der Waals surface area contributed by atoms with Crippen LogP contribution in [-0.4, -0.2) is 27.4 Å². The van der Waals surface area contributed by atoms with Crippen LogP contribution in [-0.2, 0) is 0 Å². The van der Waals surface area contributed by atoms with Gasteiger partial charge in [-0.25, -0.2) is 0 Å². The van der Waals surface area contributed by atoms with Crippen molar-refractivity contribution in [1.29, 1.82) is 0 Å². The summed E-state index contributed by atoms with van der Waals surface area (Å²) in [5, 5.41) is 9.69. The van der Waals surface area contributed by atoms with Crippen molar-refractivity contribution in [2.75, 3.05) is 6.61 Å². The molecule has 2 unspecified atom stereocenters. The number of ether oxygens (including phenoxy) is 1. The first-order chi connectivity index (χ1) is 6.18. The summed E-state index contributed by atoms with van der Waals surface area (Å²) in [4.78, 5) is 0. The van der Waals surface area contributed by atoms with E-state index in [4.69, 9.17) is 20.4 Å². The van der Waals surface area contributed by atoms with Crippen molar-refractivity contribution in [1.82, 2.24) is 0 Å². The van der Waals surface area contributed by atoms with Crippen molar-refractivity contribution in [2.45, 2.75) is 11.9 Å². The van der Waals surface area contributed by atoms with E-state index in [0.29, 0.717) is 23.4 Å². The Hall–Kier alpha value is -0.890. The molecule has 0 bridgehead atoms. The summed E-state index contributed by atoms with van der Waals surface area (Å²) in [5.41, 5.74) is 1.29. The number of rotatable bonds is 0. The Morgan fingerprint density at radius 2 is 2.23 bits per heavy atom. The highest BCUT2D eigenvalue weighted by Crippen LogP contribution is 2.35. The monoisotopic (exact) mass is 170 g/mol. The topological polar surface area (TPSA) is 29.5 Å². The van der Waals surface area contributed by atoms with E-state index in [-0.39, 0.29) is 5.82 Å². The van der Waals surface area contributed by atoms with Crippen molar-refractivity contribution in [3.05, 3.63) is 23.8 Å². The van der Waals surface area contributed by atoms with Gasteiger partial charge < -0.3 is 9.84 Å². The molecule has 1 aromatic carbocycles. The zero-order chi connectivity index (χ0) is 9.42. The van der Waals surface area contributed by atoms with E-state index in [2.05, 4.69) is 0 Å². The molecule has 0 amide bonds. The van der Waals surface area contributed by atoms with Crippen LogP contribution in [0.2, 0.25) is 5.82 Å². The molecule has 4 radical (unpaired) electrons. The van der Waals surface area contributed by atoms with Crippen molar-refractivity contribution in [3.63, 3.8) is 0 Å². The van der Waals surface area contributed by atoms with Crippen LogP contribution in [0.5, 0.6) is 5.75 Å². The molecule has 2 rings (SSSR count). The van der Waals surface area contributed by atoms with Crippen LogP contribution in [0.25, 0.3) is 0 Å². The number of benzene rings is 1. The molecular weight excluding hydrogens is 162 g/mol. The highest BCUT2D eigenvalue weighted by atomic mass is 16.5. The Morgan fingerprint density at radius 1 is 1.46 bits per heavy atom. The number of hydrogen-bond acceptors (Lipinski definition) is 2. The summed E-state index contributed by atoms with van der Waals surface area (Å²) in [6, 6.07) is 5.18. The van der Waals surface area contributed by atoms with Gasteiger partial charge in [0.25, 0.3) is 0 Å². The maximum Gasteiger partial charge on any atom is 0.125 e. The average molecular weight is 170 g/mol. The maximum atomic E-state index is 9.69. The van der Waals surface area contributed by atoms with Crippen LogP contribution < -0.4 is 10.2 Å². The zero-order valence-electron chi connectivity index (χ0n) is 7.10. The highest BCUT2D eigenvalue weighted by Gasteiger charge is 2.25. The minimum Gasteiger partial charge on any atom is -0.494 e. The first-order valence-electron chi connectivity index (χ1n) is 4.14. The summed E-state index contributed by atoms with van der Waals surface area (Å²) < 4.78 is 5.32. The Bertz CT molecular complexity index is 327. The standard InChI is InChI=1S/C9H8B2O2/c10-5-1-2-8-6(3-5)9(12)7(11)4-13-8/h1-3,7,9,12H,4H2. The Labute approximate surface area is 79.7 Å². The van der Waals surface area contributed by atoms with Crippen molar-refractivity contribution < 1.29 is 9.84 Å². The molecule has 1 N–H and O–H groups in total. The molecule has 62 valence electrons. The zero-order valence-corrected chi connectivity index (χ0v) is 7.10. The number of aliphatic hydroxyl groups is 1. The fourth-order valence-electron chi connectivity index (χ4n) is 1.44. The first kappa shape index (κ1) is 8.70. The molecule has 1 heterocycles. The largest absolute Gasteiger partial charge is 0.494 e. The molecule has 1 aromatic rings. The molecule has 4 heteroatoms. The number of hydrogen-bond donors (Lipinski definition) is 1. The quantitative estimate of drug-likeness (QED) is 0.549. The average Bonchev–Trinajstić information content (AvgIpc) is 2.12. The summed E-state index contributed by atoms with van der Waals surface area (Å²) in [6.07, 6.45) is -0.674. The number of aliphatic hydroxyl groups excluding tert-OH is 1. The minimum absolute atomic E-state index is 0.345. The molecule has 2 atom stereocenters. The lowest BCUT2D eigenvalue weighted by molar-refractivity contribution is 0.116. The van der Waals surface area contributed by atoms with Crippen LogP contribution >= 0.6 is 0 Å². The molecule has 1 aliphatic rings. The second-order valence-corrected chi connectivity index (χ2v) is 3.22. The van der Waals surface area contributed by atoms with Gasteiger partial charge in [0.2, 0.25) is 0 Å². The lowest BCUT2D eigenvalue weighted by Gasteiger charge is -2.28. The maximum absolute atomic E-state index is 9.69. The molecule has 0 fully saturated rings. The lowest BCUT2D eigenvalue weighted by atomic mass is 9.77. The normalized spacial score (nSPS) is 26.2. The molecule has 0 saturated carbocycles. The summed E-state index contributed by atoms with van der Waals surface area (Å²) >= 11 is 0. The fourth-order valence-corrected chi connectivity index (χ4v) is 1.44. The Balaban J connectivity index is 2.45. The van der Waals surface area contributed by atoms with E-state index < -0.39 is 6.10 Å². The van der Waals surface area contributed by atoms with Gasteiger partial charge in [0.05, 0.1) is 20.6 Å². The Kier molecular flexibility index (Phi) is 2.08. The highest BCUT2D eigenvalue weighted by molar-refractivity contribution is 6.32. The van der Waals surface area contributed by atoms with Crippen LogP contribution in [0.1, 0.15) is 11.7 Å². The predicted octanol–water partition coefficient (Wildman–Crippen LogP) is -0.137. The molecular formula is C9H8B2O2. The molecule has 0 saturated heterocycles. The van der Waals surface area contributed by atoms with Gasteiger partial charge in [0, 0.05) is 5.56 Å². The van der Waals surface area contributed by atoms with Gasteiger partial charge in [0.15, 0.2) is 0 Å². The summed E-state index contributed by atoms with van der Waals surface area (Å²) in [5.74, 6) is 0.303. The molecule has 0 aliphatic carbocycles. The van der Waals surface area contributed by atoms with Crippen molar-refractivity contribution in [3.8, 4) is 5.75 Å². The molecule has 1 aliphatic heterocycles. The van der Waals surface area contributed by atoms with E-state index in [1.54, 1.807) is 18.2 Å². The van der Waals surface area contributed by atoms with Crippen LogP contribution in [0, 0.1) is 0 Å². The van der Waals surface area contributed by atoms with Gasteiger partial charge in [-0.1, -0.05) is 17.6 Å². The van der Waals surface area contributed by atoms with Crippen molar-refractivity contribution >= 4 is 21.2 Å². The second kappa shape index (κ2) is 3.11. The molecule has 13 heavy (non-hydrogen) atoms. The lowest BCUT2D eigenvalue weighted by Crippen LogP contribution is -2.23. The number of fused-ring (bicyclic) bond motifs is 1. The van der Waals surface area contributed by atoms with Gasteiger partial charge in [-0.15, -0.1) is 0 Å². The van der Waals surface area contributed by atoms with Gasteiger partial charge in [-0.3, -0.25) is 0 Å². The van der Waals surface area contributed by atoms with Gasteiger partial charge in [-0.2, -0.15) is 0 Å². The Morgan fingerprint density at radius 3 is 3.00 bits per heavy atom. The van der Waals surface area contributed by atoms with Gasteiger partial charge >= 0.3 is 0 Å². The molecule has 2 nitrogen and oxygen atoms in total. The van der Waals surface area contributed by atoms with Crippen LogP contribution in [0.15, 0.2) is 18.2 Å². The third kappa shape index (κ3) is 1.46. The SMILES string of the molecule is [B]c1ccc2c(c1)C(O)C([B])CO2. The smallest absolute Gasteiger partial charge is 0.125 e. The van der Waals surface area contributed by atoms with Crippen molar-refractivity contribution in [2.24, 2.45) is 0 Å². The second-order valence-electron chi connectivity index (χ2n) is 3.22. The molecule has 0 spiro atoms. The first-order valence-corrected chi connectivity index (χ1v) is 4.14. The third-order valence-corrected chi connectivity index (χ3v) is 2.19. The van der Waals surface area contributed by atoms with E-state index >= 15 is 0 Å². The van der Waals surface area contributed by atoms with Gasteiger partial charge in [-0.05, 0) is 11.9 Å². The molecule has 0 aromatic heterocycles. The van der Waals surface area contributed by atoms with Crippen LogP contribution in [0.4, 0.5) is 0 Å².